The van der Waals surface area contributed by atoms with E-state index >= 15 is 0 Å². The highest BCUT2D eigenvalue weighted by atomic mass is 16.7. The lowest BCUT2D eigenvalue weighted by molar-refractivity contribution is -0.147. The Balaban J connectivity index is 1.93. The summed E-state index contributed by atoms with van der Waals surface area (Å²) in [5, 5.41) is 0. The predicted molar refractivity (Wildman–Crippen MR) is 40.1 cm³/mol. The Bertz CT molecular complexity index is 153. The molecule has 4 fully saturated rings. The summed E-state index contributed by atoms with van der Waals surface area (Å²) in [5.41, 5.74) is 0. The Kier molecular flexibility index (Phi) is 1.29. The molecule has 4 rings (SSSR count). The molecule has 1 saturated carbocycles. The summed E-state index contributed by atoms with van der Waals surface area (Å²) in [5.74, 6) is 0.826. The van der Waals surface area contributed by atoms with Crippen LogP contribution in [0.4, 0.5) is 0 Å². The molecule has 0 N–H and O–H groups in total. The fourth-order valence-electron chi connectivity index (χ4n) is 2.70. The van der Waals surface area contributed by atoms with Crippen molar-refractivity contribution in [2.24, 2.45) is 5.92 Å². The number of hydrogen-bond acceptors (Lipinski definition) is 2. The van der Waals surface area contributed by atoms with Gasteiger partial charge in [0, 0.05) is 6.42 Å². The standard InChI is InChI=1S/C9H14O2/c1-2-7-3-4-8-6(1)5-9(10-7)11-8/h6-9H,1-5H2. The Morgan fingerprint density at radius 3 is 2.82 bits per heavy atom. The summed E-state index contributed by atoms with van der Waals surface area (Å²) in [4.78, 5) is 0. The second-order valence-corrected chi connectivity index (χ2v) is 4.01. The van der Waals surface area contributed by atoms with Crippen molar-refractivity contribution in [3.05, 3.63) is 0 Å². The molecule has 4 aliphatic rings. The van der Waals surface area contributed by atoms with Crippen molar-refractivity contribution in [1.82, 2.24) is 0 Å². The first kappa shape index (κ1) is 6.44. The molecule has 2 nitrogen and oxygen atoms in total. The molecule has 1 aliphatic carbocycles. The molecule has 0 aromatic heterocycles. The van der Waals surface area contributed by atoms with Gasteiger partial charge in [0.2, 0.25) is 0 Å². The van der Waals surface area contributed by atoms with Crippen LogP contribution in [0.2, 0.25) is 0 Å². The molecule has 0 amide bonds. The van der Waals surface area contributed by atoms with Crippen molar-refractivity contribution in [2.45, 2.75) is 50.6 Å². The zero-order valence-electron chi connectivity index (χ0n) is 6.66. The summed E-state index contributed by atoms with van der Waals surface area (Å²) >= 11 is 0. The smallest absolute Gasteiger partial charge is 0.158 e. The molecule has 4 atom stereocenters. The molecule has 62 valence electrons. The number of fused-ring (bicyclic) bond motifs is 2. The molecule has 0 aromatic rings. The summed E-state index contributed by atoms with van der Waals surface area (Å²) < 4.78 is 11.5. The molecule has 2 heteroatoms. The van der Waals surface area contributed by atoms with Gasteiger partial charge in [-0.25, -0.2) is 0 Å². The van der Waals surface area contributed by atoms with Gasteiger partial charge in [0.1, 0.15) is 0 Å². The molecule has 3 aliphatic heterocycles. The minimum Gasteiger partial charge on any atom is -0.349 e. The van der Waals surface area contributed by atoms with E-state index in [1.807, 2.05) is 0 Å². The minimum atomic E-state index is 0.167. The molecule has 3 saturated heterocycles. The van der Waals surface area contributed by atoms with Crippen LogP contribution in [0.5, 0.6) is 0 Å². The molecule has 0 aromatic carbocycles. The normalized spacial score (nSPS) is 54.5. The highest BCUT2D eigenvalue weighted by Crippen LogP contribution is 2.42. The van der Waals surface area contributed by atoms with E-state index in [0.29, 0.717) is 12.2 Å². The van der Waals surface area contributed by atoms with E-state index in [0.717, 1.165) is 5.92 Å². The second kappa shape index (κ2) is 2.20. The first-order valence-electron chi connectivity index (χ1n) is 4.73. The van der Waals surface area contributed by atoms with E-state index in [2.05, 4.69) is 0 Å². The van der Waals surface area contributed by atoms with Crippen LogP contribution in [0, 0.1) is 5.92 Å². The van der Waals surface area contributed by atoms with Crippen molar-refractivity contribution >= 4 is 0 Å². The third kappa shape index (κ3) is 0.926. The fraction of sp³-hybridized carbons (Fsp3) is 1.00. The number of hydrogen-bond donors (Lipinski definition) is 0. The summed E-state index contributed by atoms with van der Waals surface area (Å²) in [7, 11) is 0. The largest absolute Gasteiger partial charge is 0.349 e. The maximum Gasteiger partial charge on any atom is 0.158 e. The Morgan fingerprint density at radius 2 is 1.82 bits per heavy atom. The maximum atomic E-state index is 5.77. The van der Waals surface area contributed by atoms with Crippen LogP contribution < -0.4 is 0 Å². The Hall–Kier alpha value is -0.0800. The highest BCUT2D eigenvalue weighted by molar-refractivity contribution is 4.87. The van der Waals surface area contributed by atoms with Crippen molar-refractivity contribution in [3.63, 3.8) is 0 Å². The van der Waals surface area contributed by atoms with Gasteiger partial charge >= 0.3 is 0 Å². The van der Waals surface area contributed by atoms with Crippen LogP contribution >= 0.6 is 0 Å². The molecular formula is C9H14O2. The van der Waals surface area contributed by atoms with Gasteiger partial charge < -0.3 is 9.47 Å². The molecule has 4 bridgehead atoms. The van der Waals surface area contributed by atoms with Gasteiger partial charge in [-0.1, -0.05) is 0 Å². The van der Waals surface area contributed by atoms with Gasteiger partial charge in [-0.2, -0.15) is 0 Å². The topological polar surface area (TPSA) is 18.5 Å². The highest BCUT2D eigenvalue weighted by Gasteiger charge is 2.42. The fourth-order valence-corrected chi connectivity index (χ4v) is 2.70. The monoisotopic (exact) mass is 154 g/mol. The quantitative estimate of drug-likeness (QED) is 0.528. The van der Waals surface area contributed by atoms with E-state index in [1.54, 1.807) is 0 Å². The van der Waals surface area contributed by atoms with Crippen LogP contribution in [0.25, 0.3) is 0 Å². The molecule has 0 radical (unpaired) electrons. The van der Waals surface area contributed by atoms with Gasteiger partial charge in [0.15, 0.2) is 6.29 Å². The third-order valence-electron chi connectivity index (χ3n) is 3.32. The van der Waals surface area contributed by atoms with Crippen LogP contribution in [-0.2, 0) is 9.47 Å². The molecule has 3 heterocycles. The van der Waals surface area contributed by atoms with Crippen LogP contribution in [0.1, 0.15) is 32.1 Å². The SMILES string of the molecule is C1CC2CC3OC1CCC2O3. The molecule has 11 heavy (non-hydrogen) atoms. The third-order valence-corrected chi connectivity index (χ3v) is 3.32. The molecule has 4 unspecified atom stereocenters. The van der Waals surface area contributed by atoms with Crippen LogP contribution in [-0.4, -0.2) is 18.5 Å². The van der Waals surface area contributed by atoms with Gasteiger partial charge in [0.05, 0.1) is 12.2 Å². The van der Waals surface area contributed by atoms with Gasteiger partial charge in [0.25, 0.3) is 0 Å². The second-order valence-electron chi connectivity index (χ2n) is 4.01. The van der Waals surface area contributed by atoms with Crippen molar-refractivity contribution in [1.29, 1.82) is 0 Å². The first-order valence-corrected chi connectivity index (χ1v) is 4.73. The lowest BCUT2D eigenvalue weighted by Crippen LogP contribution is -2.17. The van der Waals surface area contributed by atoms with E-state index in [9.17, 15) is 0 Å². The van der Waals surface area contributed by atoms with Gasteiger partial charge in [-0.15, -0.1) is 0 Å². The van der Waals surface area contributed by atoms with Crippen molar-refractivity contribution in [3.8, 4) is 0 Å². The average Bonchev–Trinajstić information content (AvgIpc) is 2.26. The molecule has 0 spiro atoms. The summed E-state index contributed by atoms with van der Waals surface area (Å²) in [6, 6.07) is 0. The lowest BCUT2D eigenvalue weighted by atomic mass is 9.97. The zero-order chi connectivity index (χ0) is 7.26. The van der Waals surface area contributed by atoms with Crippen molar-refractivity contribution < 1.29 is 9.47 Å². The average molecular weight is 154 g/mol. The van der Waals surface area contributed by atoms with Crippen molar-refractivity contribution in [2.75, 3.05) is 0 Å². The van der Waals surface area contributed by atoms with E-state index < -0.39 is 0 Å². The van der Waals surface area contributed by atoms with E-state index in [-0.39, 0.29) is 6.29 Å². The lowest BCUT2D eigenvalue weighted by Gasteiger charge is -2.16. The maximum absolute atomic E-state index is 5.77. The minimum absolute atomic E-state index is 0.167. The summed E-state index contributed by atoms with van der Waals surface area (Å²) in [6.07, 6.45) is 7.50. The Morgan fingerprint density at radius 1 is 0.909 bits per heavy atom. The zero-order valence-corrected chi connectivity index (χ0v) is 6.66. The van der Waals surface area contributed by atoms with E-state index in [1.165, 1.54) is 32.1 Å². The van der Waals surface area contributed by atoms with Crippen LogP contribution in [0.3, 0.4) is 0 Å². The predicted octanol–water partition coefficient (Wildman–Crippen LogP) is 1.69. The number of ether oxygens (including phenoxy) is 2. The van der Waals surface area contributed by atoms with Crippen LogP contribution in [0.15, 0.2) is 0 Å². The summed E-state index contributed by atoms with van der Waals surface area (Å²) in [6.45, 7) is 0. The van der Waals surface area contributed by atoms with Gasteiger partial charge in [-0.05, 0) is 31.6 Å². The first-order chi connectivity index (χ1) is 5.42. The Labute approximate surface area is 66.9 Å². The van der Waals surface area contributed by atoms with Gasteiger partial charge in [-0.3, -0.25) is 0 Å². The molecular weight excluding hydrogens is 140 g/mol. The number of rotatable bonds is 0. The van der Waals surface area contributed by atoms with E-state index in [4.69, 9.17) is 9.47 Å².